The lowest BCUT2D eigenvalue weighted by Gasteiger charge is -1.97. The third-order valence-corrected chi connectivity index (χ3v) is 1.78. The average Bonchev–Trinajstić information content (AvgIpc) is 2.15. The van der Waals surface area contributed by atoms with Crippen LogP contribution in [0.25, 0.3) is 6.08 Å². The van der Waals surface area contributed by atoms with E-state index in [0.717, 1.165) is 11.1 Å². The number of nitrogens with zero attached hydrogens (tertiary/aromatic N) is 2. The molecule has 66 valence electrons. The van der Waals surface area contributed by atoms with Crippen LogP contribution >= 0.6 is 11.6 Å². The Bertz CT molecular complexity index is 364. The van der Waals surface area contributed by atoms with Crippen LogP contribution in [0.15, 0.2) is 18.3 Å². The molecule has 0 bridgehead atoms. The van der Waals surface area contributed by atoms with E-state index in [1.165, 1.54) is 0 Å². The fraction of sp³-hybridized carbons (Fsp3) is 0.200. The van der Waals surface area contributed by atoms with Gasteiger partial charge in [0.15, 0.2) is 0 Å². The van der Waals surface area contributed by atoms with E-state index in [0.29, 0.717) is 11.6 Å². The zero-order chi connectivity index (χ0) is 9.68. The van der Waals surface area contributed by atoms with Crippen molar-refractivity contribution in [3.63, 3.8) is 0 Å². The second-order valence-corrected chi connectivity index (χ2v) is 2.91. The maximum Gasteiger partial charge on any atom is 0.143 e. The van der Waals surface area contributed by atoms with Crippen LogP contribution in [0.5, 0.6) is 0 Å². The average molecular weight is 193 g/mol. The van der Waals surface area contributed by atoms with Crippen LogP contribution in [0.1, 0.15) is 16.8 Å². The van der Waals surface area contributed by atoms with Gasteiger partial charge in [-0.25, -0.2) is 4.98 Å². The summed E-state index contributed by atoms with van der Waals surface area (Å²) in [6.07, 6.45) is 5.38. The smallest absolute Gasteiger partial charge is 0.143 e. The molecule has 0 amide bonds. The first kappa shape index (κ1) is 9.76. The maximum absolute atomic E-state index is 8.63. The highest BCUT2D eigenvalue weighted by atomic mass is 35.5. The summed E-state index contributed by atoms with van der Waals surface area (Å²) in [4.78, 5) is 3.99. The fourth-order valence-electron chi connectivity index (χ4n) is 0.985. The van der Waals surface area contributed by atoms with Gasteiger partial charge in [-0.2, -0.15) is 5.26 Å². The summed E-state index contributed by atoms with van der Waals surface area (Å²) >= 11 is 5.49. The van der Waals surface area contributed by atoms with E-state index >= 15 is 0 Å². The molecule has 1 rings (SSSR count). The highest BCUT2D eigenvalue weighted by Gasteiger charge is 1.97. The molecule has 0 N–H and O–H groups in total. The number of nitriles is 1. The van der Waals surface area contributed by atoms with E-state index in [4.69, 9.17) is 16.9 Å². The molecule has 0 aliphatic rings. The van der Waals surface area contributed by atoms with Gasteiger partial charge >= 0.3 is 0 Å². The Morgan fingerprint density at radius 3 is 3.00 bits per heavy atom. The second-order valence-electron chi connectivity index (χ2n) is 2.60. The summed E-state index contributed by atoms with van der Waals surface area (Å²) in [5.74, 6) is 0.485. The predicted octanol–water partition coefficient (Wildman–Crippen LogP) is 2.51. The molecule has 1 aromatic heterocycles. The lowest BCUT2D eigenvalue weighted by atomic mass is 10.1. The van der Waals surface area contributed by atoms with Crippen LogP contribution in [0.3, 0.4) is 0 Å². The molecule has 0 atom stereocenters. The van der Waals surface area contributed by atoms with Crippen LogP contribution in [0.4, 0.5) is 0 Å². The monoisotopic (exact) mass is 192 g/mol. The first-order valence-corrected chi connectivity index (χ1v) is 4.40. The topological polar surface area (TPSA) is 36.7 Å². The van der Waals surface area contributed by atoms with Crippen molar-refractivity contribution in [1.82, 2.24) is 4.98 Å². The molecule has 2 nitrogen and oxygen atoms in total. The Balaban J connectivity index is 2.97. The second kappa shape index (κ2) is 4.64. The van der Waals surface area contributed by atoms with Crippen LogP contribution < -0.4 is 0 Å². The summed E-state index contributed by atoms with van der Waals surface area (Å²) in [5, 5.41) is 8.63. The van der Waals surface area contributed by atoms with Gasteiger partial charge in [0.2, 0.25) is 0 Å². The number of hydrogen-bond donors (Lipinski definition) is 0. The molecule has 1 heterocycles. The van der Waals surface area contributed by atoms with Gasteiger partial charge < -0.3 is 0 Å². The summed E-state index contributed by atoms with van der Waals surface area (Å²) in [6, 6.07) is 3.93. The molecule has 0 spiro atoms. The Labute approximate surface area is 82.5 Å². The molecule has 13 heavy (non-hydrogen) atoms. The molecule has 0 aromatic carbocycles. The van der Waals surface area contributed by atoms with Crippen molar-refractivity contribution in [3.8, 4) is 6.07 Å². The van der Waals surface area contributed by atoms with Crippen LogP contribution in [0.2, 0.25) is 0 Å². The van der Waals surface area contributed by atoms with Crippen LogP contribution in [0, 0.1) is 18.3 Å². The zero-order valence-corrected chi connectivity index (χ0v) is 8.04. The van der Waals surface area contributed by atoms with Crippen molar-refractivity contribution in [2.45, 2.75) is 6.92 Å². The zero-order valence-electron chi connectivity index (χ0n) is 7.29. The molecule has 0 unspecified atom stereocenters. The predicted molar refractivity (Wildman–Crippen MR) is 53.4 cm³/mol. The van der Waals surface area contributed by atoms with E-state index in [2.05, 4.69) is 4.98 Å². The van der Waals surface area contributed by atoms with Gasteiger partial charge in [-0.1, -0.05) is 12.2 Å². The van der Waals surface area contributed by atoms with Gasteiger partial charge in [0.05, 0.1) is 0 Å². The Morgan fingerprint density at radius 1 is 1.69 bits per heavy atom. The number of halogens is 1. The molecule has 3 heteroatoms. The molecular weight excluding hydrogens is 184 g/mol. The lowest BCUT2D eigenvalue weighted by Crippen LogP contribution is -1.88. The minimum atomic E-state index is 0.475. The standard InChI is InChI=1S/C10H9ClN2/c1-8-5-9(3-2-4-11)7-13-10(8)6-12/h2-3,5,7H,4H2,1H3. The maximum atomic E-state index is 8.63. The van der Waals surface area contributed by atoms with E-state index in [9.17, 15) is 0 Å². The van der Waals surface area contributed by atoms with Crippen LogP contribution in [-0.4, -0.2) is 10.9 Å². The highest BCUT2D eigenvalue weighted by molar-refractivity contribution is 6.19. The summed E-state index contributed by atoms with van der Waals surface area (Å²) in [5.41, 5.74) is 2.33. The molecular formula is C10H9ClN2. The van der Waals surface area contributed by atoms with Gasteiger partial charge in [0, 0.05) is 12.1 Å². The quantitative estimate of drug-likeness (QED) is 0.676. The van der Waals surface area contributed by atoms with E-state index in [-0.39, 0.29) is 0 Å². The van der Waals surface area contributed by atoms with Gasteiger partial charge in [0.25, 0.3) is 0 Å². The number of hydrogen-bond acceptors (Lipinski definition) is 2. The minimum Gasteiger partial charge on any atom is -0.245 e. The number of alkyl halides is 1. The molecule has 0 radical (unpaired) electrons. The third-order valence-electron chi connectivity index (χ3n) is 1.60. The normalized spacial score (nSPS) is 10.2. The third kappa shape index (κ3) is 2.57. The molecule has 0 saturated heterocycles. The van der Waals surface area contributed by atoms with E-state index < -0.39 is 0 Å². The number of aromatic nitrogens is 1. The van der Waals surface area contributed by atoms with Crippen molar-refractivity contribution >= 4 is 17.7 Å². The summed E-state index contributed by atoms with van der Waals surface area (Å²) in [7, 11) is 0. The first-order valence-electron chi connectivity index (χ1n) is 3.87. The largest absolute Gasteiger partial charge is 0.245 e. The Morgan fingerprint density at radius 2 is 2.46 bits per heavy atom. The van der Waals surface area contributed by atoms with Gasteiger partial charge in [-0.3, -0.25) is 0 Å². The minimum absolute atomic E-state index is 0.475. The number of aryl methyl sites for hydroxylation is 1. The number of pyridine rings is 1. The molecule has 0 aliphatic carbocycles. The van der Waals surface area contributed by atoms with Gasteiger partial charge in [0.1, 0.15) is 11.8 Å². The van der Waals surface area contributed by atoms with E-state index in [1.807, 2.05) is 31.2 Å². The first-order chi connectivity index (χ1) is 6.27. The Kier molecular flexibility index (Phi) is 3.48. The molecule has 0 saturated carbocycles. The highest BCUT2D eigenvalue weighted by Crippen LogP contribution is 2.08. The number of rotatable bonds is 2. The fourth-order valence-corrected chi connectivity index (χ4v) is 1.07. The SMILES string of the molecule is Cc1cc(C=CCCl)cnc1C#N. The van der Waals surface area contributed by atoms with E-state index in [1.54, 1.807) is 6.20 Å². The van der Waals surface area contributed by atoms with Crippen molar-refractivity contribution in [2.75, 3.05) is 5.88 Å². The molecule has 1 aromatic rings. The van der Waals surface area contributed by atoms with Crippen molar-refractivity contribution in [2.24, 2.45) is 0 Å². The van der Waals surface area contributed by atoms with Gasteiger partial charge in [-0.05, 0) is 24.1 Å². The summed E-state index contributed by atoms with van der Waals surface area (Å²) in [6.45, 7) is 1.86. The molecule has 0 aliphatic heterocycles. The lowest BCUT2D eigenvalue weighted by molar-refractivity contribution is 1.20. The number of allylic oxidation sites excluding steroid dienone is 1. The van der Waals surface area contributed by atoms with Crippen molar-refractivity contribution < 1.29 is 0 Å². The van der Waals surface area contributed by atoms with Gasteiger partial charge in [-0.15, -0.1) is 11.6 Å². The Hall–Kier alpha value is -1.33. The molecule has 0 fully saturated rings. The van der Waals surface area contributed by atoms with Crippen molar-refractivity contribution in [1.29, 1.82) is 5.26 Å². The van der Waals surface area contributed by atoms with Crippen molar-refractivity contribution in [3.05, 3.63) is 35.2 Å². The summed E-state index contributed by atoms with van der Waals surface area (Å²) < 4.78 is 0. The van der Waals surface area contributed by atoms with Crippen LogP contribution in [-0.2, 0) is 0 Å².